The van der Waals surface area contributed by atoms with Crippen LogP contribution in [0.25, 0.3) is 11.0 Å². The summed E-state index contributed by atoms with van der Waals surface area (Å²) in [6.07, 6.45) is 0.950. The lowest BCUT2D eigenvalue weighted by atomic mass is 10.2. The Morgan fingerprint density at radius 2 is 2.11 bits per heavy atom. The smallest absolute Gasteiger partial charge is 0.311 e. The Kier molecular flexibility index (Phi) is 5.40. The zero-order valence-corrected chi connectivity index (χ0v) is 14.7. The maximum Gasteiger partial charge on any atom is 0.311 e. The Morgan fingerprint density at radius 1 is 1.32 bits per heavy atom. The van der Waals surface area contributed by atoms with Gasteiger partial charge >= 0.3 is 5.69 Å². The number of hydrogen-bond donors (Lipinski definition) is 2. The van der Waals surface area contributed by atoms with Crippen molar-refractivity contribution in [1.82, 2.24) is 15.4 Å². The number of nitro groups is 1. The number of hydrazone groups is 1. The third-order valence-corrected chi connectivity index (χ3v) is 3.82. The standard InChI is InChI=1S/C18H15N5O5/c1-28-17-11(5-4-8-15(17)23(26)27)10-19-22-16(24)9-14-18(25)21-13-7-3-2-6-12(13)20-14/h2-8,10H,9H2,1H3,(H,21,25)(H,22,24)/b19-10-. The van der Waals surface area contributed by atoms with E-state index in [9.17, 15) is 19.7 Å². The summed E-state index contributed by atoms with van der Waals surface area (Å²) in [7, 11) is 1.30. The number of nitro benzene ring substituents is 1. The average molecular weight is 381 g/mol. The normalized spacial score (nSPS) is 10.9. The van der Waals surface area contributed by atoms with Crippen LogP contribution in [0.1, 0.15) is 11.3 Å². The van der Waals surface area contributed by atoms with Crippen molar-refractivity contribution >= 4 is 28.8 Å². The average Bonchev–Trinajstić information content (AvgIpc) is 2.68. The van der Waals surface area contributed by atoms with Gasteiger partial charge in [-0.1, -0.05) is 18.2 Å². The Balaban J connectivity index is 1.73. The number of nitrogens with zero attached hydrogens (tertiary/aromatic N) is 3. The number of rotatable bonds is 6. The van der Waals surface area contributed by atoms with Crippen LogP contribution in [-0.2, 0) is 11.2 Å². The molecular formula is C18H15N5O5. The summed E-state index contributed by atoms with van der Waals surface area (Å²) < 4.78 is 5.05. The monoisotopic (exact) mass is 381 g/mol. The van der Waals surface area contributed by atoms with Crippen molar-refractivity contribution in [3.8, 4) is 5.75 Å². The number of methoxy groups -OCH3 is 1. The van der Waals surface area contributed by atoms with Crippen molar-refractivity contribution in [2.75, 3.05) is 7.11 Å². The molecule has 1 amide bonds. The van der Waals surface area contributed by atoms with Crippen LogP contribution in [0.5, 0.6) is 5.75 Å². The lowest BCUT2D eigenvalue weighted by Crippen LogP contribution is -2.25. The highest BCUT2D eigenvalue weighted by molar-refractivity contribution is 5.87. The first-order valence-corrected chi connectivity index (χ1v) is 8.11. The number of para-hydroxylation sites is 3. The molecule has 0 aliphatic heterocycles. The van der Waals surface area contributed by atoms with Crippen LogP contribution >= 0.6 is 0 Å². The summed E-state index contributed by atoms with van der Waals surface area (Å²) in [6.45, 7) is 0. The van der Waals surface area contributed by atoms with Crippen molar-refractivity contribution in [2.45, 2.75) is 6.42 Å². The second-order valence-corrected chi connectivity index (χ2v) is 5.66. The van der Waals surface area contributed by atoms with Crippen LogP contribution < -0.4 is 15.7 Å². The van der Waals surface area contributed by atoms with E-state index in [2.05, 4.69) is 20.5 Å². The molecule has 0 aliphatic carbocycles. The molecule has 3 rings (SSSR count). The molecule has 0 atom stereocenters. The number of amides is 1. The first kappa shape index (κ1) is 18.7. The van der Waals surface area contributed by atoms with E-state index >= 15 is 0 Å². The number of H-pyrrole nitrogens is 1. The van der Waals surface area contributed by atoms with Gasteiger partial charge in [0.25, 0.3) is 5.56 Å². The second-order valence-electron chi connectivity index (χ2n) is 5.66. The molecule has 0 saturated heterocycles. The minimum atomic E-state index is -0.577. The Hall–Kier alpha value is -4.08. The number of aromatic amines is 1. The fourth-order valence-electron chi connectivity index (χ4n) is 2.56. The molecule has 10 nitrogen and oxygen atoms in total. The molecule has 0 saturated carbocycles. The summed E-state index contributed by atoms with van der Waals surface area (Å²) in [5.41, 5.74) is 3.10. The van der Waals surface area contributed by atoms with Crippen molar-refractivity contribution in [3.63, 3.8) is 0 Å². The first-order valence-electron chi connectivity index (χ1n) is 8.11. The molecule has 0 spiro atoms. The quantitative estimate of drug-likeness (QED) is 0.377. The van der Waals surface area contributed by atoms with E-state index < -0.39 is 16.4 Å². The molecule has 2 N–H and O–H groups in total. The number of aromatic nitrogens is 2. The second kappa shape index (κ2) is 8.08. The summed E-state index contributed by atoms with van der Waals surface area (Å²) >= 11 is 0. The minimum absolute atomic E-state index is 0.0261. The lowest BCUT2D eigenvalue weighted by Gasteiger charge is -2.05. The van der Waals surface area contributed by atoms with Gasteiger partial charge in [0.15, 0.2) is 0 Å². The van der Waals surface area contributed by atoms with Crippen molar-refractivity contribution in [3.05, 3.63) is 74.2 Å². The van der Waals surface area contributed by atoms with E-state index in [4.69, 9.17) is 4.74 Å². The van der Waals surface area contributed by atoms with Gasteiger partial charge in [0.1, 0.15) is 5.69 Å². The van der Waals surface area contributed by atoms with E-state index in [-0.39, 0.29) is 23.6 Å². The molecule has 1 aromatic heterocycles. The first-order chi connectivity index (χ1) is 13.5. The molecule has 3 aromatic rings. The number of fused-ring (bicyclic) bond motifs is 1. The van der Waals surface area contributed by atoms with Gasteiger partial charge in [-0.25, -0.2) is 10.4 Å². The highest BCUT2D eigenvalue weighted by atomic mass is 16.6. The number of ether oxygens (including phenoxy) is 1. The van der Waals surface area contributed by atoms with Gasteiger partial charge in [-0.3, -0.25) is 19.7 Å². The van der Waals surface area contributed by atoms with E-state index in [1.54, 1.807) is 30.3 Å². The number of nitrogens with one attached hydrogen (secondary N) is 2. The predicted octanol–water partition coefficient (Wildman–Crippen LogP) is 1.53. The van der Waals surface area contributed by atoms with Gasteiger partial charge in [-0.2, -0.15) is 5.10 Å². The van der Waals surface area contributed by atoms with Crippen LogP contribution in [0.4, 0.5) is 5.69 Å². The van der Waals surface area contributed by atoms with Gasteiger partial charge < -0.3 is 9.72 Å². The molecule has 0 bridgehead atoms. The topological polar surface area (TPSA) is 140 Å². The predicted molar refractivity (Wildman–Crippen MR) is 101 cm³/mol. The van der Waals surface area contributed by atoms with Crippen LogP contribution in [0, 0.1) is 10.1 Å². The molecule has 28 heavy (non-hydrogen) atoms. The van der Waals surface area contributed by atoms with Gasteiger partial charge in [0, 0.05) is 11.6 Å². The van der Waals surface area contributed by atoms with E-state index in [0.29, 0.717) is 16.6 Å². The zero-order chi connectivity index (χ0) is 20.1. The van der Waals surface area contributed by atoms with Crippen LogP contribution in [0.3, 0.4) is 0 Å². The van der Waals surface area contributed by atoms with Gasteiger partial charge in [-0.15, -0.1) is 0 Å². The molecule has 10 heteroatoms. The highest BCUT2D eigenvalue weighted by Crippen LogP contribution is 2.29. The van der Waals surface area contributed by atoms with Gasteiger partial charge in [0.05, 0.1) is 35.7 Å². The maximum atomic E-state index is 12.1. The fourth-order valence-corrected chi connectivity index (χ4v) is 2.56. The van der Waals surface area contributed by atoms with Crippen LogP contribution in [-0.4, -0.2) is 34.1 Å². The summed E-state index contributed by atoms with van der Waals surface area (Å²) in [6, 6.07) is 11.3. The lowest BCUT2D eigenvalue weighted by molar-refractivity contribution is -0.385. The minimum Gasteiger partial charge on any atom is -0.490 e. The summed E-state index contributed by atoms with van der Waals surface area (Å²) in [4.78, 5) is 41.4. The Labute approximate surface area is 158 Å². The highest BCUT2D eigenvalue weighted by Gasteiger charge is 2.17. The number of hydrogen-bond acceptors (Lipinski definition) is 7. The summed E-state index contributed by atoms with van der Waals surface area (Å²) in [5, 5.41) is 14.8. The third-order valence-electron chi connectivity index (χ3n) is 3.82. The van der Waals surface area contributed by atoms with Crippen molar-refractivity contribution < 1.29 is 14.5 Å². The molecule has 1 heterocycles. The third kappa shape index (κ3) is 4.01. The molecule has 0 fully saturated rings. The van der Waals surface area contributed by atoms with Crippen molar-refractivity contribution in [1.29, 1.82) is 0 Å². The molecule has 0 unspecified atom stereocenters. The van der Waals surface area contributed by atoms with E-state index in [1.165, 1.54) is 25.5 Å². The Bertz CT molecular complexity index is 1140. The van der Waals surface area contributed by atoms with Gasteiger partial charge in [-0.05, 0) is 18.2 Å². The molecule has 142 valence electrons. The molecule has 0 aliphatic rings. The molecular weight excluding hydrogens is 366 g/mol. The van der Waals surface area contributed by atoms with Crippen molar-refractivity contribution in [2.24, 2.45) is 5.10 Å². The number of carbonyl (C=O) groups is 1. The Morgan fingerprint density at radius 3 is 2.86 bits per heavy atom. The van der Waals surface area contributed by atoms with E-state index in [0.717, 1.165) is 0 Å². The largest absolute Gasteiger partial charge is 0.490 e. The van der Waals surface area contributed by atoms with E-state index in [1.807, 2.05) is 0 Å². The number of benzene rings is 2. The molecule has 2 aromatic carbocycles. The fraction of sp³-hybridized carbons (Fsp3) is 0.111. The number of carbonyl (C=O) groups excluding carboxylic acids is 1. The SMILES string of the molecule is COc1c(/C=N\NC(=O)Cc2nc3ccccc3[nH]c2=O)cccc1[N+](=O)[O-]. The van der Waals surface area contributed by atoms with Crippen LogP contribution in [0.15, 0.2) is 52.4 Å². The summed E-state index contributed by atoms with van der Waals surface area (Å²) in [5.74, 6) is -0.535. The molecule has 0 radical (unpaired) electrons. The zero-order valence-electron chi connectivity index (χ0n) is 14.7. The van der Waals surface area contributed by atoms with Gasteiger partial charge in [0.2, 0.25) is 11.7 Å². The van der Waals surface area contributed by atoms with Crippen LogP contribution in [0.2, 0.25) is 0 Å². The maximum absolute atomic E-state index is 12.1.